The van der Waals surface area contributed by atoms with E-state index < -0.39 is 0 Å². The number of anilines is 1. The van der Waals surface area contributed by atoms with Crippen molar-refractivity contribution >= 4 is 38.9 Å². The maximum Gasteiger partial charge on any atom is 0.135 e. The first-order valence-corrected chi connectivity index (χ1v) is 6.26. The molecule has 4 heteroatoms. The van der Waals surface area contributed by atoms with Crippen LogP contribution in [0.5, 0.6) is 5.75 Å². The van der Waals surface area contributed by atoms with Crippen molar-refractivity contribution in [2.45, 2.75) is 4.90 Å². The molecule has 0 aliphatic rings. The van der Waals surface area contributed by atoms with E-state index >= 15 is 0 Å². The van der Waals surface area contributed by atoms with E-state index in [1.165, 1.54) is 0 Å². The highest BCUT2D eigenvalue weighted by molar-refractivity contribution is 7.98. The lowest BCUT2D eigenvalue weighted by molar-refractivity contribution is 0.406. The average molecular weight is 225 g/mol. The van der Waals surface area contributed by atoms with Crippen molar-refractivity contribution in [3.63, 3.8) is 0 Å². The van der Waals surface area contributed by atoms with Crippen LogP contribution >= 0.6 is 23.1 Å². The van der Waals surface area contributed by atoms with Crippen LogP contribution in [0.15, 0.2) is 22.4 Å². The summed E-state index contributed by atoms with van der Waals surface area (Å²) in [6.07, 6.45) is 2.01. The molecule has 0 radical (unpaired) electrons. The molecule has 0 spiro atoms. The SMILES string of the molecule is COc1cc2ccsc2c(N)c1SC. The van der Waals surface area contributed by atoms with Crippen LogP contribution in [0.2, 0.25) is 0 Å². The molecular formula is C10H11NOS2. The van der Waals surface area contributed by atoms with Crippen molar-refractivity contribution < 1.29 is 4.74 Å². The van der Waals surface area contributed by atoms with Gasteiger partial charge >= 0.3 is 0 Å². The molecule has 0 unspecified atom stereocenters. The first-order valence-electron chi connectivity index (χ1n) is 4.15. The Morgan fingerprint density at radius 2 is 2.29 bits per heavy atom. The van der Waals surface area contributed by atoms with Crippen LogP contribution in [0, 0.1) is 0 Å². The van der Waals surface area contributed by atoms with Gasteiger partial charge in [0.05, 0.1) is 22.4 Å². The lowest BCUT2D eigenvalue weighted by atomic mass is 10.2. The molecule has 2 N–H and O–H groups in total. The standard InChI is InChI=1S/C10H11NOS2/c1-12-7-5-6-3-4-14-9(6)8(11)10(7)13-2/h3-5H,11H2,1-2H3. The topological polar surface area (TPSA) is 35.2 Å². The number of fused-ring (bicyclic) bond motifs is 1. The average Bonchev–Trinajstić information content (AvgIpc) is 2.65. The van der Waals surface area contributed by atoms with Crippen LogP contribution in [0.4, 0.5) is 5.69 Å². The van der Waals surface area contributed by atoms with Gasteiger partial charge in [0.1, 0.15) is 5.75 Å². The smallest absolute Gasteiger partial charge is 0.135 e. The van der Waals surface area contributed by atoms with Gasteiger partial charge in [-0.2, -0.15) is 0 Å². The number of thioether (sulfide) groups is 1. The van der Waals surface area contributed by atoms with Gasteiger partial charge in [0.25, 0.3) is 0 Å². The van der Waals surface area contributed by atoms with Crippen LogP contribution in [-0.2, 0) is 0 Å². The normalized spacial score (nSPS) is 10.7. The molecular weight excluding hydrogens is 214 g/mol. The van der Waals surface area contributed by atoms with Crippen molar-refractivity contribution in [3.8, 4) is 5.75 Å². The molecule has 1 heterocycles. The molecule has 2 nitrogen and oxygen atoms in total. The van der Waals surface area contributed by atoms with Gasteiger partial charge in [-0.25, -0.2) is 0 Å². The Bertz CT molecular complexity index is 464. The number of nitrogen functional groups attached to an aromatic ring is 1. The lowest BCUT2D eigenvalue weighted by Crippen LogP contribution is -1.93. The molecule has 0 bridgehead atoms. The number of hydrogen-bond donors (Lipinski definition) is 1. The predicted octanol–water partition coefficient (Wildman–Crippen LogP) is 3.21. The maximum atomic E-state index is 6.06. The Hall–Kier alpha value is -0.870. The number of hydrogen-bond acceptors (Lipinski definition) is 4. The first-order chi connectivity index (χ1) is 6.77. The monoisotopic (exact) mass is 225 g/mol. The van der Waals surface area contributed by atoms with Gasteiger partial charge in [-0.15, -0.1) is 23.1 Å². The predicted molar refractivity (Wildman–Crippen MR) is 64.6 cm³/mol. The summed E-state index contributed by atoms with van der Waals surface area (Å²) in [7, 11) is 1.67. The molecule has 0 saturated heterocycles. The zero-order valence-corrected chi connectivity index (χ0v) is 9.67. The number of methoxy groups -OCH3 is 1. The minimum atomic E-state index is 0.835. The van der Waals surface area contributed by atoms with Gasteiger partial charge < -0.3 is 10.5 Å². The molecule has 2 aromatic rings. The molecule has 1 aromatic carbocycles. The van der Waals surface area contributed by atoms with Crippen molar-refractivity contribution in [3.05, 3.63) is 17.5 Å². The number of nitrogens with two attached hydrogens (primary N) is 1. The van der Waals surface area contributed by atoms with E-state index in [-0.39, 0.29) is 0 Å². The number of benzene rings is 1. The van der Waals surface area contributed by atoms with Gasteiger partial charge in [0.15, 0.2) is 0 Å². The van der Waals surface area contributed by atoms with E-state index in [9.17, 15) is 0 Å². The summed E-state index contributed by atoms with van der Waals surface area (Å²) in [6, 6.07) is 4.09. The highest BCUT2D eigenvalue weighted by Crippen LogP contribution is 2.40. The quantitative estimate of drug-likeness (QED) is 0.629. The second kappa shape index (κ2) is 3.71. The third-order valence-electron chi connectivity index (χ3n) is 2.12. The maximum absolute atomic E-state index is 6.06. The first kappa shape index (κ1) is 9.68. The van der Waals surface area contributed by atoms with Crippen LogP contribution in [0.25, 0.3) is 10.1 Å². The lowest BCUT2D eigenvalue weighted by Gasteiger charge is -2.09. The summed E-state index contributed by atoms with van der Waals surface area (Å²) < 4.78 is 6.45. The molecule has 1 aromatic heterocycles. The molecule has 0 aliphatic carbocycles. The summed E-state index contributed by atoms with van der Waals surface area (Å²) in [5.41, 5.74) is 6.89. The summed E-state index contributed by atoms with van der Waals surface area (Å²) in [4.78, 5) is 1.03. The Morgan fingerprint density at radius 1 is 1.50 bits per heavy atom. The third-order valence-corrected chi connectivity index (χ3v) is 3.91. The Balaban J connectivity index is 2.79. The summed E-state index contributed by atoms with van der Waals surface area (Å²) in [6.45, 7) is 0. The molecule has 0 amide bonds. The van der Waals surface area contributed by atoms with Crippen molar-refractivity contribution in [2.24, 2.45) is 0 Å². The zero-order chi connectivity index (χ0) is 10.1. The van der Waals surface area contributed by atoms with Crippen LogP contribution in [0.1, 0.15) is 0 Å². The Kier molecular flexibility index (Phi) is 2.56. The molecule has 0 aliphatic heterocycles. The molecule has 2 rings (SSSR count). The highest BCUT2D eigenvalue weighted by Gasteiger charge is 2.11. The molecule has 0 fully saturated rings. The Labute approximate surface area is 91.1 Å². The number of rotatable bonds is 2. The van der Waals surface area contributed by atoms with Gasteiger partial charge in [0, 0.05) is 0 Å². The number of thiophene rings is 1. The van der Waals surface area contributed by atoms with Crippen molar-refractivity contribution in [2.75, 3.05) is 19.1 Å². The van der Waals surface area contributed by atoms with Crippen LogP contribution in [0.3, 0.4) is 0 Å². The highest BCUT2D eigenvalue weighted by atomic mass is 32.2. The van der Waals surface area contributed by atoms with Gasteiger partial charge in [-0.05, 0) is 29.2 Å². The van der Waals surface area contributed by atoms with Crippen LogP contribution < -0.4 is 10.5 Å². The van der Waals surface area contributed by atoms with E-state index in [1.54, 1.807) is 30.2 Å². The summed E-state index contributed by atoms with van der Waals surface area (Å²) >= 11 is 3.29. The fourth-order valence-electron chi connectivity index (χ4n) is 1.46. The van der Waals surface area contributed by atoms with Crippen LogP contribution in [-0.4, -0.2) is 13.4 Å². The van der Waals surface area contributed by atoms with E-state index in [1.807, 2.05) is 17.7 Å². The van der Waals surface area contributed by atoms with E-state index in [0.29, 0.717) is 0 Å². The third kappa shape index (κ3) is 1.35. The van der Waals surface area contributed by atoms with E-state index in [2.05, 4.69) is 6.07 Å². The Morgan fingerprint density at radius 3 is 2.93 bits per heavy atom. The zero-order valence-electron chi connectivity index (χ0n) is 8.03. The van der Waals surface area contributed by atoms with E-state index in [0.717, 1.165) is 26.4 Å². The molecule has 0 atom stereocenters. The van der Waals surface area contributed by atoms with Gasteiger partial charge in [-0.1, -0.05) is 0 Å². The number of ether oxygens (including phenoxy) is 1. The summed E-state index contributed by atoms with van der Waals surface area (Å²) in [5, 5.41) is 3.20. The van der Waals surface area contributed by atoms with Gasteiger partial charge in [-0.3, -0.25) is 0 Å². The minimum absolute atomic E-state index is 0.835. The largest absolute Gasteiger partial charge is 0.495 e. The second-order valence-corrected chi connectivity index (χ2v) is 4.60. The fourth-order valence-corrected chi connectivity index (χ4v) is 3.03. The van der Waals surface area contributed by atoms with E-state index in [4.69, 9.17) is 10.5 Å². The van der Waals surface area contributed by atoms with Gasteiger partial charge in [0.2, 0.25) is 0 Å². The molecule has 0 saturated carbocycles. The second-order valence-electron chi connectivity index (χ2n) is 2.86. The molecule has 14 heavy (non-hydrogen) atoms. The van der Waals surface area contributed by atoms with Crippen molar-refractivity contribution in [1.82, 2.24) is 0 Å². The fraction of sp³-hybridized carbons (Fsp3) is 0.200. The van der Waals surface area contributed by atoms with Crippen molar-refractivity contribution in [1.29, 1.82) is 0 Å². The summed E-state index contributed by atoms with van der Waals surface area (Å²) in [5.74, 6) is 0.862. The minimum Gasteiger partial charge on any atom is -0.495 e. The molecule has 74 valence electrons.